The van der Waals surface area contributed by atoms with Crippen molar-refractivity contribution in [1.29, 1.82) is 0 Å². The van der Waals surface area contributed by atoms with Gasteiger partial charge in [-0.15, -0.1) is 0 Å². The number of hydrogen-bond donors (Lipinski definition) is 2. The molecular formula is C23H29N3O2. The minimum Gasteiger partial charge on any atom is -0.352 e. The first-order valence-corrected chi connectivity index (χ1v) is 10.1. The summed E-state index contributed by atoms with van der Waals surface area (Å²) in [6.07, 6.45) is 4.78. The first kappa shape index (κ1) is 20.1. The van der Waals surface area contributed by atoms with E-state index in [0.717, 1.165) is 19.5 Å². The molecule has 0 radical (unpaired) electrons. The molecule has 0 aromatic heterocycles. The van der Waals surface area contributed by atoms with E-state index in [1.54, 1.807) is 24.3 Å². The Morgan fingerprint density at radius 3 is 2.54 bits per heavy atom. The standard InChI is InChI=1S/C23H29N3O2/c1-18-10-7-8-16-26(18)17-9-15-24-23(28)20-13-5-6-14-21(20)25-22(27)19-11-3-2-4-12-19/h2-6,11-14,18H,7-10,15-17H2,1H3,(H,24,28)(H,25,27)/t18-/m1/s1. The molecule has 5 heteroatoms. The molecule has 1 aliphatic heterocycles. The zero-order valence-electron chi connectivity index (χ0n) is 16.5. The van der Waals surface area contributed by atoms with E-state index in [0.29, 0.717) is 29.4 Å². The lowest BCUT2D eigenvalue weighted by Gasteiger charge is -2.33. The van der Waals surface area contributed by atoms with Crippen LogP contribution in [0.1, 0.15) is 53.3 Å². The van der Waals surface area contributed by atoms with Crippen molar-refractivity contribution in [1.82, 2.24) is 10.2 Å². The first-order chi connectivity index (χ1) is 13.6. The lowest BCUT2D eigenvalue weighted by molar-refractivity contribution is 0.0949. The van der Waals surface area contributed by atoms with Gasteiger partial charge in [-0.3, -0.25) is 9.59 Å². The number of hydrogen-bond acceptors (Lipinski definition) is 3. The van der Waals surface area contributed by atoms with Crippen LogP contribution >= 0.6 is 0 Å². The van der Waals surface area contributed by atoms with Gasteiger partial charge in [-0.2, -0.15) is 0 Å². The maximum Gasteiger partial charge on any atom is 0.255 e. The summed E-state index contributed by atoms with van der Waals surface area (Å²) in [5.74, 6) is -0.379. The molecule has 1 atom stereocenters. The number of carbonyl (C=O) groups is 2. The van der Waals surface area contributed by atoms with Crippen LogP contribution in [0.15, 0.2) is 54.6 Å². The van der Waals surface area contributed by atoms with Crippen molar-refractivity contribution in [2.24, 2.45) is 0 Å². The van der Waals surface area contributed by atoms with Gasteiger partial charge in [0.2, 0.25) is 0 Å². The molecule has 1 aliphatic rings. The van der Waals surface area contributed by atoms with E-state index in [9.17, 15) is 9.59 Å². The van der Waals surface area contributed by atoms with E-state index in [4.69, 9.17) is 0 Å². The van der Waals surface area contributed by atoms with E-state index in [2.05, 4.69) is 22.5 Å². The molecule has 148 valence electrons. The van der Waals surface area contributed by atoms with Crippen LogP contribution in [-0.2, 0) is 0 Å². The van der Waals surface area contributed by atoms with Gasteiger partial charge in [0, 0.05) is 24.7 Å². The Kier molecular flexibility index (Phi) is 7.20. The first-order valence-electron chi connectivity index (χ1n) is 10.1. The molecule has 2 aromatic carbocycles. The third-order valence-corrected chi connectivity index (χ3v) is 5.30. The fourth-order valence-corrected chi connectivity index (χ4v) is 3.64. The quantitative estimate of drug-likeness (QED) is 0.717. The van der Waals surface area contributed by atoms with Crippen molar-refractivity contribution in [3.05, 3.63) is 65.7 Å². The summed E-state index contributed by atoms with van der Waals surface area (Å²) < 4.78 is 0. The average Bonchev–Trinajstić information content (AvgIpc) is 2.73. The smallest absolute Gasteiger partial charge is 0.255 e. The summed E-state index contributed by atoms with van der Waals surface area (Å²) in [5, 5.41) is 5.84. The van der Waals surface area contributed by atoms with Gasteiger partial charge in [0.25, 0.3) is 11.8 Å². The summed E-state index contributed by atoms with van der Waals surface area (Å²) in [7, 11) is 0. The van der Waals surface area contributed by atoms with Crippen LogP contribution in [0.3, 0.4) is 0 Å². The van der Waals surface area contributed by atoms with E-state index in [1.165, 1.54) is 19.3 Å². The monoisotopic (exact) mass is 379 g/mol. The van der Waals surface area contributed by atoms with Crippen LogP contribution < -0.4 is 10.6 Å². The van der Waals surface area contributed by atoms with Crippen molar-refractivity contribution in [2.45, 2.75) is 38.6 Å². The number of amides is 2. The lowest BCUT2D eigenvalue weighted by Crippen LogP contribution is -2.39. The van der Waals surface area contributed by atoms with Crippen molar-refractivity contribution < 1.29 is 9.59 Å². The second kappa shape index (κ2) is 10.0. The maximum atomic E-state index is 12.6. The van der Waals surface area contributed by atoms with E-state index in [1.807, 2.05) is 30.3 Å². The van der Waals surface area contributed by atoms with Crippen LogP contribution in [0.4, 0.5) is 5.69 Å². The molecule has 0 bridgehead atoms. The van der Waals surface area contributed by atoms with Gasteiger partial charge in [-0.05, 0) is 57.0 Å². The number of para-hydroxylation sites is 1. The van der Waals surface area contributed by atoms with E-state index >= 15 is 0 Å². The average molecular weight is 380 g/mol. The Bertz CT molecular complexity index is 791. The van der Waals surface area contributed by atoms with Gasteiger partial charge in [0.05, 0.1) is 11.3 Å². The molecule has 2 amide bonds. The van der Waals surface area contributed by atoms with Crippen molar-refractivity contribution in [2.75, 3.05) is 25.0 Å². The number of anilines is 1. The normalized spacial score (nSPS) is 17.1. The van der Waals surface area contributed by atoms with Gasteiger partial charge >= 0.3 is 0 Å². The summed E-state index contributed by atoms with van der Waals surface area (Å²) in [6, 6.07) is 16.7. The zero-order valence-corrected chi connectivity index (χ0v) is 16.5. The van der Waals surface area contributed by atoms with Crippen molar-refractivity contribution in [3.63, 3.8) is 0 Å². The summed E-state index contributed by atoms with van der Waals surface area (Å²) in [5.41, 5.74) is 1.57. The fourth-order valence-electron chi connectivity index (χ4n) is 3.64. The van der Waals surface area contributed by atoms with E-state index < -0.39 is 0 Å². The molecule has 0 spiro atoms. The Morgan fingerprint density at radius 2 is 1.75 bits per heavy atom. The molecular weight excluding hydrogens is 350 g/mol. The topological polar surface area (TPSA) is 61.4 Å². The van der Waals surface area contributed by atoms with Gasteiger partial charge < -0.3 is 15.5 Å². The second-order valence-corrected chi connectivity index (χ2v) is 7.36. The molecule has 0 saturated carbocycles. The number of nitrogens with one attached hydrogen (secondary N) is 2. The zero-order chi connectivity index (χ0) is 19.8. The number of carbonyl (C=O) groups excluding carboxylic acids is 2. The molecule has 28 heavy (non-hydrogen) atoms. The SMILES string of the molecule is C[C@@H]1CCCCN1CCCNC(=O)c1ccccc1NC(=O)c1ccccc1. The maximum absolute atomic E-state index is 12.6. The predicted octanol–water partition coefficient (Wildman–Crippen LogP) is 3.93. The molecule has 2 aromatic rings. The third-order valence-electron chi connectivity index (χ3n) is 5.30. The Hall–Kier alpha value is -2.66. The van der Waals surface area contributed by atoms with Crippen molar-refractivity contribution in [3.8, 4) is 0 Å². The number of piperidine rings is 1. The fraction of sp³-hybridized carbons (Fsp3) is 0.391. The minimum absolute atomic E-state index is 0.157. The molecule has 0 unspecified atom stereocenters. The van der Waals surface area contributed by atoms with E-state index in [-0.39, 0.29) is 11.8 Å². The second-order valence-electron chi connectivity index (χ2n) is 7.36. The van der Waals surface area contributed by atoms with Crippen LogP contribution in [-0.4, -0.2) is 42.4 Å². The van der Waals surface area contributed by atoms with Crippen LogP contribution in [0.2, 0.25) is 0 Å². The minimum atomic E-state index is -0.222. The van der Waals surface area contributed by atoms with Crippen molar-refractivity contribution >= 4 is 17.5 Å². The molecule has 1 saturated heterocycles. The molecule has 0 aliphatic carbocycles. The van der Waals surface area contributed by atoms with Gasteiger partial charge in [-0.25, -0.2) is 0 Å². The molecule has 2 N–H and O–H groups in total. The van der Waals surface area contributed by atoms with Gasteiger partial charge in [-0.1, -0.05) is 36.8 Å². The highest BCUT2D eigenvalue weighted by molar-refractivity contribution is 6.08. The molecule has 3 rings (SSSR count). The third kappa shape index (κ3) is 5.42. The summed E-state index contributed by atoms with van der Waals surface area (Å²) >= 11 is 0. The highest BCUT2D eigenvalue weighted by atomic mass is 16.2. The van der Waals surface area contributed by atoms with Crippen LogP contribution in [0.5, 0.6) is 0 Å². The lowest BCUT2D eigenvalue weighted by atomic mass is 10.0. The molecule has 1 heterocycles. The molecule has 5 nitrogen and oxygen atoms in total. The highest BCUT2D eigenvalue weighted by Gasteiger charge is 2.18. The summed E-state index contributed by atoms with van der Waals surface area (Å²) in [6.45, 7) is 5.07. The number of nitrogens with zero attached hydrogens (tertiary/aromatic N) is 1. The largest absolute Gasteiger partial charge is 0.352 e. The molecule has 1 fully saturated rings. The number of likely N-dealkylation sites (tertiary alicyclic amines) is 1. The van der Waals surface area contributed by atoms with Crippen LogP contribution in [0.25, 0.3) is 0 Å². The Morgan fingerprint density at radius 1 is 1.00 bits per heavy atom. The number of rotatable bonds is 7. The predicted molar refractivity (Wildman–Crippen MR) is 113 cm³/mol. The Labute approximate surface area is 167 Å². The van der Waals surface area contributed by atoms with Gasteiger partial charge in [0.1, 0.15) is 0 Å². The summed E-state index contributed by atoms with van der Waals surface area (Å²) in [4.78, 5) is 27.5. The Balaban J connectivity index is 1.53. The number of benzene rings is 2. The van der Waals surface area contributed by atoms with Crippen LogP contribution in [0, 0.1) is 0 Å². The van der Waals surface area contributed by atoms with Gasteiger partial charge in [0.15, 0.2) is 0 Å². The highest BCUT2D eigenvalue weighted by Crippen LogP contribution is 2.17.